The highest BCUT2D eigenvalue weighted by molar-refractivity contribution is 6.30. The van der Waals surface area contributed by atoms with Crippen molar-refractivity contribution >= 4 is 24.0 Å². The zero-order valence-corrected chi connectivity index (χ0v) is 12.2. The Balaban J connectivity index is 0.00000220. The molecule has 114 valence electrons. The van der Waals surface area contributed by atoms with Crippen molar-refractivity contribution < 1.29 is 17.9 Å². The quantitative estimate of drug-likeness (QED) is 0.874. The number of alkyl halides is 3. The maximum atomic E-state index is 12.4. The summed E-state index contributed by atoms with van der Waals surface area (Å²) in [5.74, 6) is -0.294. The fraction of sp³-hybridized carbons (Fsp3) is 0.143. The molecule has 0 fully saturated rings. The third kappa shape index (κ3) is 4.81. The number of rotatable bonds is 3. The molecule has 0 radical (unpaired) electrons. The molecule has 2 rings (SSSR count). The Bertz CT molecular complexity index is 617. The van der Waals surface area contributed by atoms with E-state index in [9.17, 15) is 13.2 Å². The summed E-state index contributed by atoms with van der Waals surface area (Å²) >= 11 is 5.87. The van der Waals surface area contributed by atoms with Crippen LogP contribution in [-0.4, -0.2) is 6.36 Å². The molecule has 7 heteroatoms. The maximum Gasteiger partial charge on any atom is 0.573 e. The van der Waals surface area contributed by atoms with Gasteiger partial charge in [0, 0.05) is 17.1 Å². The molecule has 0 aliphatic heterocycles. The van der Waals surface area contributed by atoms with E-state index in [1.807, 2.05) is 0 Å². The second-order valence-corrected chi connectivity index (χ2v) is 4.52. The molecule has 0 amide bonds. The van der Waals surface area contributed by atoms with Crippen LogP contribution < -0.4 is 10.5 Å². The van der Waals surface area contributed by atoms with Crippen molar-refractivity contribution in [2.75, 3.05) is 0 Å². The first-order valence-corrected chi connectivity index (χ1v) is 6.11. The highest BCUT2D eigenvalue weighted by Gasteiger charge is 2.32. The van der Waals surface area contributed by atoms with Crippen LogP contribution in [0.2, 0.25) is 5.02 Å². The van der Waals surface area contributed by atoms with Gasteiger partial charge in [-0.15, -0.1) is 25.6 Å². The van der Waals surface area contributed by atoms with Gasteiger partial charge in [0.15, 0.2) is 0 Å². The summed E-state index contributed by atoms with van der Waals surface area (Å²) in [6, 6.07) is 11.3. The van der Waals surface area contributed by atoms with Gasteiger partial charge < -0.3 is 10.5 Å². The number of ether oxygens (including phenoxy) is 1. The van der Waals surface area contributed by atoms with Crippen molar-refractivity contribution in [2.45, 2.75) is 12.9 Å². The number of hydrogen-bond acceptors (Lipinski definition) is 2. The molecule has 0 saturated carbocycles. The molecule has 0 atom stereocenters. The van der Waals surface area contributed by atoms with Crippen LogP contribution in [0.1, 0.15) is 5.56 Å². The lowest BCUT2D eigenvalue weighted by Crippen LogP contribution is -2.18. The van der Waals surface area contributed by atoms with Gasteiger partial charge in [-0.3, -0.25) is 0 Å². The van der Waals surface area contributed by atoms with Gasteiger partial charge in [0.1, 0.15) is 5.75 Å². The van der Waals surface area contributed by atoms with Gasteiger partial charge in [-0.2, -0.15) is 0 Å². The van der Waals surface area contributed by atoms with Crippen molar-refractivity contribution in [3.8, 4) is 16.9 Å². The van der Waals surface area contributed by atoms with Crippen LogP contribution in [0.3, 0.4) is 0 Å². The summed E-state index contributed by atoms with van der Waals surface area (Å²) in [6.45, 7) is -0.0404. The van der Waals surface area contributed by atoms with Crippen LogP contribution in [0, 0.1) is 0 Å². The number of nitrogens with two attached hydrogens (primary N) is 1. The molecule has 0 aliphatic rings. The lowest BCUT2D eigenvalue weighted by atomic mass is 10.0. The number of hydrogen-bond donors (Lipinski definition) is 1. The minimum absolute atomic E-state index is 0. The fourth-order valence-electron chi connectivity index (χ4n) is 1.79. The molecule has 2 N–H and O–H groups in total. The second-order valence-electron chi connectivity index (χ2n) is 4.08. The molecular formula is C14H12Cl2F3NO. The minimum atomic E-state index is -4.75. The average molecular weight is 338 g/mol. The minimum Gasteiger partial charge on any atom is -0.405 e. The SMILES string of the molecule is Cl.NCc1ccc(-c2cccc(Cl)c2)cc1OC(F)(F)F. The van der Waals surface area contributed by atoms with E-state index in [0.717, 1.165) is 0 Å². The van der Waals surface area contributed by atoms with Crippen LogP contribution in [0.25, 0.3) is 11.1 Å². The van der Waals surface area contributed by atoms with Gasteiger partial charge in [-0.05, 0) is 29.3 Å². The van der Waals surface area contributed by atoms with Crippen LogP contribution in [0.5, 0.6) is 5.75 Å². The molecular weight excluding hydrogens is 326 g/mol. The first-order chi connectivity index (χ1) is 9.39. The second kappa shape index (κ2) is 7.02. The van der Waals surface area contributed by atoms with E-state index in [1.165, 1.54) is 12.1 Å². The molecule has 0 unspecified atom stereocenters. The first kappa shape index (κ1) is 17.6. The van der Waals surface area contributed by atoms with Crippen molar-refractivity contribution in [3.63, 3.8) is 0 Å². The zero-order valence-electron chi connectivity index (χ0n) is 10.7. The smallest absolute Gasteiger partial charge is 0.405 e. The Labute approximate surface area is 131 Å². The Hall–Kier alpha value is -1.43. The summed E-state index contributed by atoms with van der Waals surface area (Å²) in [6.07, 6.45) is -4.75. The van der Waals surface area contributed by atoms with Crippen LogP contribution in [0.15, 0.2) is 42.5 Å². The Morgan fingerprint density at radius 1 is 1.05 bits per heavy atom. The summed E-state index contributed by atoms with van der Waals surface area (Å²) in [5.41, 5.74) is 6.97. The summed E-state index contributed by atoms with van der Waals surface area (Å²) < 4.78 is 41.1. The van der Waals surface area contributed by atoms with E-state index >= 15 is 0 Å². The standard InChI is InChI=1S/C14H11ClF3NO.ClH/c15-12-3-1-2-9(6-12)10-4-5-11(8-19)13(7-10)20-14(16,17)18;/h1-7H,8,19H2;1H. The summed E-state index contributed by atoms with van der Waals surface area (Å²) in [5, 5.41) is 0.503. The van der Waals surface area contributed by atoms with E-state index in [1.54, 1.807) is 30.3 Å². The Kier molecular flexibility index (Phi) is 5.89. The van der Waals surface area contributed by atoms with E-state index < -0.39 is 6.36 Å². The summed E-state index contributed by atoms with van der Waals surface area (Å²) in [7, 11) is 0. The van der Waals surface area contributed by atoms with Crippen molar-refractivity contribution in [2.24, 2.45) is 5.73 Å². The average Bonchev–Trinajstić information content (AvgIpc) is 2.37. The highest BCUT2D eigenvalue weighted by Crippen LogP contribution is 2.32. The molecule has 0 bridgehead atoms. The molecule has 21 heavy (non-hydrogen) atoms. The number of halogens is 5. The van der Waals surface area contributed by atoms with Crippen molar-refractivity contribution in [1.29, 1.82) is 0 Å². The largest absolute Gasteiger partial charge is 0.573 e. The summed E-state index contributed by atoms with van der Waals surface area (Å²) in [4.78, 5) is 0. The van der Waals surface area contributed by atoms with Gasteiger partial charge in [0.05, 0.1) is 0 Å². The molecule has 2 aromatic rings. The molecule has 2 aromatic carbocycles. The zero-order chi connectivity index (χ0) is 14.8. The van der Waals surface area contributed by atoms with E-state index in [4.69, 9.17) is 17.3 Å². The van der Waals surface area contributed by atoms with Crippen LogP contribution >= 0.6 is 24.0 Å². The topological polar surface area (TPSA) is 35.2 Å². The third-order valence-electron chi connectivity index (χ3n) is 2.67. The molecule has 0 saturated heterocycles. The Morgan fingerprint density at radius 2 is 1.71 bits per heavy atom. The maximum absolute atomic E-state index is 12.4. The predicted octanol–water partition coefficient (Wildman–Crippen LogP) is 4.79. The predicted molar refractivity (Wildman–Crippen MR) is 78.7 cm³/mol. The molecule has 0 aromatic heterocycles. The molecule has 0 aliphatic carbocycles. The third-order valence-corrected chi connectivity index (χ3v) is 2.91. The van der Waals surface area contributed by atoms with E-state index in [-0.39, 0.29) is 30.3 Å². The molecule has 2 nitrogen and oxygen atoms in total. The van der Waals surface area contributed by atoms with Crippen molar-refractivity contribution in [1.82, 2.24) is 0 Å². The normalized spacial score (nSPS) is 10.9. The van der Waals surface area contributed by atoms with Gasteiger partial charge in [0.25, 0.3) is 0 Å². The highest BCUT2D eigenvalue weighted by atomic mass is 35.5. The van der Waals surface area contributed by atoms with E-state index in [2.05, 4.69) is 4.74 Å². The van der Waals surface area contributed by atoms with Gasteiger partial charge in [-0.25, -0.2) is 0 Å². The van der Waals surface area contributed by atoms with Crippen LogP contribution in [0.4, 0.5) is 13.2 Å². The lowest BCUT2D eigenvalue weighted by Gasteiger charge is -2.14. The fourth-order valence-corrected chi connectivity index (χ4v) is 1.98. The first-order valence-electron chi connectivity index (χ1n) is 5.74. The Morgan fingerprint density at radius 3 is 2.29 bits per heavy atom. The van der Waals surface area contributed by atoms with Crippen LogP contribution in [-0.2, 0) is 6.54 Å². The van der Waals surface area contributed by atoms with Gasteiger partial charge in [0.2, 0.25) is 0 Å². The van der Waals surface area contributed by atoms with Gasteiger partial charge in [-0.1, -0.05) is 35.9 Å². The molecule has 0 heterocycles. The van der Waals surface area contributed by atoms with Gasteiger partial charge >= 0.3 is 6.36 Å². The molecule has 0 spiro atoms. The number of benzene rings is 2. The lowest BCUT2D eigenvalue weighted by molar-refractivity contribution is -0.274. The van der Waals surface area contributed by atoms with E-state index in [0.29, 0.717) is 16.1 Å². The van der Waals surface area contributed by atoms with Crippen molar-refractivity contribution in [3.05, 3.63) is 53.1 Å². The monoisotopic (exact) mass is 337 g/mol.